The number of methoxy groups -OCH3 is 1. The van der Waals surface area contributed by atoms with Gasteiger partial charge in [-0.2, -0.15) is 4.98 Å². The zero-order chi connectivity index (χ0) is 25.3. The van der Waals surface area contributed by atoms with Crippen LogP contribution in [0.4, 0.5) is 4.39 Å². The van der Waals surface area contributed by atoms with Crippen molar-refractivity contribution in [1.29, 1.82) is 0 Å². The topological polar surface area (TPSA) is 89.7 Å². The first-order valence-corrected chi connectivity index (χ1v) is 12.3. The smallest absolute Gasteiger partial charge is 0.241 e. The van der Waals surface area contributed by atoms with E-state index in [1.165, 1.54) is 12.1 Å². The molecule has 1 fully saturated rings. The predicted octanol–water partition coefficient (Wildman–Crippen LogP) is 4.51. The second kappa shape index (κ2) is 9.89. The number of amides is 1. The number of rotatable bonds is 6. The minimum absolute atomic E-state index is 0.0358. The lowest BCUT2D eigenvalue weighted by molar-refractivity contribution is -0.128. The maximum absolute atomic E-state index is 13.4. The maximum atomic E-state index is 13.4. The Labute approximate surface area is 209 Å². The van der Waals surface area contributed by atoms with Gasteiger partial charge in [-0.15, -0.1) is 0 Å². The second-order valence-corrected chi connectivity index (χ2v) is 10.1. The molecular formula is C27H31FN4O4. The van der Waals surface area contributed by atoms with E-state index in [1.807, 2.05) is 32.0 Å². The minimum atomic E-state index is -0.391. The Bertz CT molecular complexity index is 1230. The number of nitrogens with zero attached hydrogens (tertiary/aromatic N) is 3. The lowest BCUT2D eigenvalue weighted by Gasteiger charge is -2.39. The van der Waals surface area contributed by atoms with Crippen LogP contribution >= 0.6 is 0 Å². The van der Waals surface area contributed by atoms with Gasteiger partial charge in [0.25, 0.3) is 0 Å². The molecule has 3 heterocycles. The molecule has 0 radical (unpaired) electrons. The maximum Gasteiger partial charge on any atom is 0.241 e. The van der Waals surface area contributed by atoms with E-state index in [0.717, 1.165) is 36.4 Å². The van der Waals surface area contributed by atoms with Crippen molar-refractivity contribution in [2.24, 2.45) is 5.92 Å². The molecule has 36 heavy (non-hydrogen) atoms. The summed E-state index contributed by atoms with van der Waals surface area (Å²) in [4.78, 5) is 20.0. The molecule has 190 valence electrons. The molecule has 0 aliphatic carbocycles. The summed E-state index contributed by atoms with van der Waals surface area (Å²) in [6, 6.07) is 11.5. The van der Waals surface area contributed by atoms with Crippen molar-refractivity contribution in [2.75, 3.05) is 20.2 Å². The van der Waals surface area contributed by atoms with Crippen molar-refractivity contribution in [3.05, 3.63) is 59.7 Å². The minimum Gasteiger partial charge on any atom is -0.497 e. The molecule has 9 heteroatoms. The number of benzene rings is 2. The molecule has 0 saturated carbocycles. The van der Waals surface area contributed by atoms with Crippen molar-refractivity contribution >= 4 is 5.91 Å². The zero-order valence-corrected chi connectivity index (χ0v) is 20.8. The Morgan fingerprint density at radius 2 is 2.06 bits per heavy atom. The van der Waals surface area contributed by atoms with Crippen LogP contribution in [0.5, 0.6) is 11.5 Å². The van der Waals surface area contributed by atoms with E-state index in [1.54, 1.807) is 19.2 Å². The van der Waals surface area contributed by atoms with Crippen LogP contribution in [0.3, 0.4) is 0 Å². The third kappa shape index (κ3) is 5.36. The first-order chi connectivity index (χ1) is 17.3. The molecule has 2 atom stereocenters. The highest BCUT2D eigenvalue weighted by Gasteiger charge is 2.36. The monoisotopic (exact) mass is 494 g/mol. The number of carbonyl (C=O) groups excluding carboxylic acids is 1. The van der Waals surface area contributed by atoms with Gasteiger partial charge in [0, 0.05) is 24.1 Å². The van der Waals surface area contributed by atoms with E-state index >= 15 is 0 Å². The summed E-state index contributed by atoms with van der Waals surface area (Å²) in [6.07, 6.45) is 2.40. The van der Waals surface area contributed by atoms with Crippen molar-refractivity contribution in [1.82, 2.24) is 20.4 Å². The molecule has 1 saturated heterocycles. The summed E-state index contributed by atoms with van der Waals surface area (Å²) in [5.41, 5.74) is 1.24. The fraction of sp³-hybridized carbons (Fsp3) is 0.444. The third-order valence-electron chi connectivity index (χ3n) is 6.80. The number of aromatic nitrogens is 2. The number of carbonyl (C=O) groups is 1. The summed E-state index contributed by atoms with van der Waals surface area (Å²) in [5.74, 6) is 1.99. The highest BCUT2D eigenvalue weighted by atomic mass is 19.1. The van der Waals surface area contributed by atoms with E-state index in [0.29, 0.717) is 36.8 Å². The number of ether oxygens (including phenoxy) is 2. The summed E-state index contributed by atoms with van der Waals surface area (Å²) in [7, 11) is 1.63. The largest absolute Gasteiger partial charge is 0.497 e. The first kappa shape index (κ1) is 24.2. The molecule has 2 aromatic carbocycles. The van der Waals surface area contributed by atoms with E-state index in [2.05, 4.69) is 20.4 Å². The van der Waals surface area contributed by atoms with E-state index in [9.17, 15) is 9.18 Å². The summed E-state index contributed by atoms with van der Waals surface area (Å²) >= 11 is 0. The fourth-order valence-corrected chi connectivity index (χ4v) is 5.02. The molecule has 3 aromatic rings. The standard InChI is InChI=1S/C27H31FN4O4/c1-27(2)14-22(21-13-20(34-3)10-11-23(21)35-27)29-26(33)18-5-4-12-32(15-18)16-24-30-25(31-36-24)17-6-8-19(28)9-7-17/h6-11,13,18,22H,4-5,12,14-16H2,1-3H3,(H,29,33). The normalized spacial score (nSPS) is 21.3. The van der Waals surface area contributed by atoms with Crippen molar-refractivity contribution in [3.8, 4) is 22.9 Å². The number of piperidine rings is 1. The van der Waals surface area contributed by atoms with E-state index < -0.39 is 5.60 Å². The molecule has 1 aromatic heterocycles. The highest BCUT2D eigenvalue weighted by molar-refractivity contribution is 5.79. The van der Waals surface area contributed by atoms with Crippen LogP contribution in [0, 0.1) is 11.7 Å². The molecule has 1 amide bonds. The molecule has 2 unspecified atom stereocenters. The van der Waals surface area contributed by atoms with Gasteiger partial charge in [-0.25, -0.2) is 4.39 Å². The molecule has 1 N–H and O–H groups in total. The van der Waals surface area contributed by atoms with Gasteiger partial charge in [-0.1, -0.05) is 5.16 Å². The van der Waals surface area contributed by atoms with Gasteiger partial charge in [0.15, 0.2) is 0 Å². The molecule has 0 bridgehead atoms. The quantitative estimate of drug-likeness (QED) is 0.539. The van der Waals surface area contributed by atoms with Gasteiger partial charge in [-0.05, 0) is 75.7 Å². The fourth-order valence-electron chi connectivity index (χ4n) is 5.02. The van der Waals surface area contributed by atoms with Crippen LogP contribution < -0.4 is 14.8 Å². The van der Waals surface area contributed by atoms with Crippen LogP contribution in [0.25, 0.3) is 11.4 Å². The molecule has 2 aliphatic rings. The first-order valence-electron chi connectivity index (χ1n) is 12.3. The van der Waals surface area contributed by atoms with Crippen LogP contribution in [-0.2, 0) is 11.3 Å². The van der Waals surface area contributed by atoms with Gasteiger partial charge in [0.05, 0.1) is 25.6 Å². The van der Waals surface area contributed by atoms with Gasteiger partial charge < -0.3 is 19.3 Å². The van der Waals surface area contributed by atoms with Crippen molar-refractivity contribution in [2.45, 2.75) is 51.3 Å². The van der Waals surface area contributed by atoms with Gasteiger partial charge in [0.2, 0.25) is 17.6 Å². The van der Waals surface area contributed by atoms with Gasteiger partial charge in [-0.3, -0.25) is 9.69 Å². The lowest BCUT2D eigenvalue weighted by atomic mass is 9.88. The number of hydrogen-bond acceptors (Lipinski definition) is 7. The number of hydrogen-bond donors (Lipinski definition) is 1. The Morgan fingerprint density at radius 1 is 1.25 bits per heavy atom. The molecule has 0 spiro atoms. The molecule has 5 rings (SSSR count). The van der Waals surface area contributed by atoms with Gasteiger partial charge >= 0.3 is 0 Å². The van der Waals surface area contributed by atoms with Crippen molar-refractivity contribution < 1.29 is 23.2 Å². The number of halogens is 1. The number of nitrogens with one attached hydrogen (secondary N) is 1. The highest BCUT2D eigenvalue weighted by Crippen LogP contribution is 2.41. The Morgan fingerprint density at radius 3 is 2.83 bits per heavy atom. The number of fused-ring (bicyclic) bond motifs is 1. The zero-order valence-electron chi connectivity index (χ0n) is 20.8. The van der Waals surface area contributed by atoms with Crippen LogP contribution in [0.15, 0.2) is 47.0 Å². The average Bonchev–Trinajstić information content (AvgIpc) is 3.32. The summed E-state index contributed by atoms with van der Waals surface area (Å²) in [6.45, 7) is 5.99. The molecular weight excluding hydrogens is 463 g/mol. The van der Waals surface area contributed by atoms with E-state index in [4.69, 9.17) is 14.0 Å². The Kier molecular flexibility index (Phi) is 6.66. The number of likely N-dealkylation sites (tertiary alicyclic amines) is 1. The van der Waals surface area contributed by atoms with E-state index in [-0.39, 0.29) is 23.7 Å². The molecule has 2 aliphatic heterocycles. The van der Waals surface area contributed by atoms with Crippen LogP contribution in [0.1, 0.15) is 50.6 Å². The van der Waals surface area contributed by atoms with Gasteiger partial charge in [0.1, 0.15) is 22.9 Å². The Balaban J connectivity index is 1.24. The third-order valence-corrected chi connectivity index (χ3v) is 6.80. The molecule has 8 nitrogen and oxygen atoms in total. The lowest BCUT2D eigenvalue weighted by Crippen LogP contribution is -2.46. The predicted molar refractivity (Wildman–Crippen MR) is 131 cm³/mol. The SMILES string of the molecule is COc1ccc2c(c1)C(NC(=O)C1CCCN(Cc3nc(-c4ccc(F)cc4)no3)C1)CC(C)(C)O2. The van der Waals surface area contributed by atoms with Crippen LogP contribution in [-0.4, -0.2) is 46.7 Å². The van der Waals surface area contributed by atoms with Crippen molar-refractivity contribution in [3.63, 3.8) is 0 Å². The Hall–Kier alpha value is -3.46. The van der Waals surface area contributed by atoms with Crippen LogP contribution in [0.2, 0.25) is 0 Å². The average molecular weight is 495 g/mol. The summed E-state index contributed by atoms with van der Waals surface area (Å²) < 4.78 is 30.2. The second-order valence-electron chi connectivity index (χ2n) is 10.1. The summed E-state index contributed by atoms with van der Waals surface area (Å²) in [5, 5.41) is 7.31.